The minimum Gasteiger partial charge on any atom is -0.300 e. The molecule has 0 unspecified atom stereocenters. The third kappa shape index (κ3) is 3.67. The van der Waals surface area contributed by atoms with E-state index in [1.165, 1.54) is 34.4 Å². The molecule has 0 aliphatic carbocycles. The topological polar surface area (TPSA) is 89.8 Å². The van der Waals surface area contributed by atoms with Gasteiger partial charge < -0.3 is 0 Å². The molecule has 138 valence electrons. The molecule has 0 fully saturated rings. The molecular weight excluding hydrogens is 390 g/mol. The molecule has 26 heavy (non-hydrogen) atoms. The van der Waals surface area contributed by atoms with E-state index in [9.17, 15) is 9.59 Å². The fraction of sp³-hybridized carbons (Fsp3) is 0.438. The van der Waals surface area contributed by atoms with Crippen molar-refractivity contribution in [2.24, 2.45) is 0 Å². The molecule has 1 amide bonds. The second-order valence-corrected chi connectivity index (χ2v) is 8.81. The van der Waals surface area contributed by atoms with Gasteiger partial charge in [-0.2, -0.15) is 0 Å². The van der Waals surface area contributed by atoms with E-state index in [4.69, 9.17) is 0 Å². The number of nitrogens with one attached hydrogen (secondary N) is 1. The number of rotatable bonds is 6. The summed E-state index contributed by atoms with van der Waals surface area (Å²) in [6.07, 6.45) is 0.786. The Morgan fingerprint density at radius 2 is 2.00 bits per heavy atom. The zero-order chi connectivity index (χ0) is 18.8. The predicted molar refractivity (Wildman–Crippen MR) is 108 cm³/mol. The first kappa shape index (κ1) is 19.0. The van der Waals surface area contributed by atoms with Crippen LogP contribution in [0, 0.1) is 13.8 Å². The predicted octanol–water partition coefficient (Wildman–Crippen LogP) is 3.24. The number of hydrogen-bond donors (Lipinski definition) is 1. The van der Waals surface area contributed by atoms with Gasteiger partial charge in [0.25, 0.3) is 5.56 Å². The minimum absolute atomic E-state index is 0.0426. The van der Waals surface area contributed by atoms with Crippen molar-refractivity contribution in [2.45, 2.75) is 45.8 Å². The lowest BCUT2D eigenvalue weighted by Gasteiger charge is -2.09. The summed E-state index contributed by atoms with van der Waals surface area (Å²) in [7, 11) is 0. The Labute approximate surface area is 162 Å². The molecule has 0 aliphatic rings. The summed E-state index contributed by atoms with van der Waals surface area (Å²) in [6.45, 7) is 8.34. The first-order valence-corrected chi connectivity index (χ1v) is 10.8. The average molecular weight is 410 g/mol. The highest BCUT2D eigenvalue weighted by molar-refractivity contribution is 7.99. The van der Waals surface area contributed by atoms with Gasteiger partial charge in [-0.05, 0) is 32.8 Å². The molecule has 0 aromatic carbocycles. The summed E-state index contributed by atoms with van der Waals surface area (Å²) in [5.41, 5.74) is 0.945. The number of amides is 1. The van der Waals surface area contributed by atoms with Crippen LogP contribution in [0.15, 0.2) is 9.95 Å². The molecule has 1 N–H and O–H groups in total. The summed E-state index contributed by atoms with van der Waals surface area (Å²) in [6, 6.07) is 0. The molecule has 3 aromatic rings. The number of thioether (sulfide) groups is 1. The third-order valence-corrected chi connectivity index (χ3v) is 6.98. The smallest absolute Gasteiger partial charge is 0.263 e. The Morgan fingerprint density at radius 1 is 1.23 bits per heavy atom. The number of thiophene rings is 1. The van der Waals surface area contributed by atoms with E-state index >= 15 is 0 Å². The van der Waals surface area contributed by atoms with Crippen LogP contribution < -0.4 is 10.9 Å². The van der Waals surface area contributed by atoms with Gasteiger partial charge in [-0.15, -0.1) is 21.5 Å². The highest BCUT2D eigenvalue weighted by Gasteiger charge is 2.17. The Bertz CT molecular complexity index is 1020. The maximum absolute atomic E-state index is 12.8. The van der Waals surface area contributed by atoms with Crippen molar-refractivity contribution in [3.8, 4) is 0 Å². The first-order chi connectivity index (χ1) is 12.4. The number of aryl methyl sites for hydroxylation is 3. The minimum atomic E-state index is -0.190. The lowest BCUT2D eigenvalue weighted by atomic mass is 10.2. The standard InChI is InChI=1S/C16H19N5O2S3/c1-5-11-19-20-15(26-11)17-10(22)7-24-16-18-13-12(8(3)9(4)25-13)14(23)21(16)6-2/h5-7H2,1-4H3,(H,17,20,22). The molecule has 0 aliphatic heterocycles. The largest absolute Gasteiger partial charge is 0.300 e. The van der Waals surface area contributed by atoms with Crippen LogP contribution in [0.2, 0.25) is 0 Å². The van der Waals surface area contributed by atoms with Crippen LogP contribution in [0.4, 0.5) is 5.13 Å². The fourth-order valence-corrected chi connectivity index (χ4v) is 5.06. The molecule has 0 saturated heterocycles. The van der Waals surface area contributed by atoms with Crippen LogP contribution >= 0.6 is 34.4 Å². The quantitative estimate of drug-likeness (QED) is 0.496. The average Bonchev–Trinajstić information content (AvgIpc) is 3.17. The van der Waals surface area contributed by atoms with E-state index < -0.39 is 0 Å². The van der Waals surface area contributed by atoms with Crippen LogP contribution in [-0.2, 0) is 17.8 Å². The molecule has 3 rings (SSSR count). The van der Waals surface area contributed by atoms with Gasteiger partial charge >= 0.3 is 0 Å². The summed E-state index contributed by atoms with van der Waals surface area (Å²) >= 11 is 4.14. The Balaban J connectivity index is 1.79. The number of carbonyl (C=O) groups is 1. The zero-order valence-corrected chi connectivity index (χ0v) is 17.4. The Morgan fingerprint density at radius 3 is 2.65 bits per heavy atom. The van der Waals surface area contributed by atoms with Crippen molar-refractivity contribution in [2.75, 3.05) is 11.1 Å². The van der Waals surface area contributed by atoms with Gasteiger partial charge in [0, 0.05) is 11.4 Å². The molecule has 0 spiro atoms. The lowest BCUT2D eigenvalue weighted by molar-refractivity contribution is -0.113. The molecule has 3 heterocycles. The highest BCUT2D eigenvalue weighted by Crippen LogP contribution is 2.28. The summed E-state index contributed by atoms with van der Waals surface area (Å²) in [4.78, 5) is 31.4. The van der Waals surface area contributed by atoms with Crippen molar-refractivity contribution >= 4 is 55.7 Å². The SMILES string of the molecule is CCc1nnc(NC(=O)CSc2nc3sc(C)c(C)c3c(=O)n2CC)s1. The van der Waals surface area contributed by atoms with E-state index in [0.717, 1.165) is 26.7 Å². The lowest BCUT2D eigenvalue weighted by Crippen LogP contribution is -2.23. The van der Waals surface area contributed by atoms with Crippen LogP contribution in [0.5, 0.6) is 0 Å². The van der Waals surface area contributed by atoms with Crippen LogP contribution in [0.25, 0.3) is 10.2 Å². The van der Waals surface area contributed by atoms with Gasteiger partial charge in [0.15, 0.2) is 5.16 Å². The number of anilines is 1. The fourth-order valence-electron chi connectivity index (χ4n) is 2.43. The number of nitrogens with zero attached hydrogens (tertiary/aromatic N) is 4. The van der Waals surface area contributed by atoms with Crippen molar-refractivity contribution in [3.05, 3.63) is 25.8 Å². The summed E-state index contributed by atoms with van der Waals surface area (Å²) in [5, 5.41) is 13.3. The second-order valence-electron chi connectivity index (χ2n) is 5.60. The molecule has 0 bridgehead atoms. The number of fused-ring (bicyclic) bond motifs is 1. The maximum atomic E-state index is 12.8. The Hall–Kier alpha value is -1.78. The monoisotopic (exact) mass is 409 g/mol. The zero-order valence-electron chi connectivity index (χ0n) is 15.0. The van der Waals surface area contributed by atoms with Crippen LogP contribution in [0.3, 0.4) is 0 Å². The maximum Gasteiger partial charge on any atom is 0.263 e. The van der Waals surface area contributed by atoms with Crippen molar-refractivity contribution in [1.29, 1.82) is 0 Å². The molecule has 10 heteroatoms. The van der Waals surface area contributed by atoms with Crippen LogP contribution in [0.1, 0.15) is 29.3 Å². The van der Waals surface area contributed by atoms with E-state index in [-0.39, 0.29) is 17.2 Å². The van der Waals surface area contributed by atoms with Gasteiger partial charge in [-0.25, -0.2) is 4.98 Å². The molecule has 7 nitrogen and oxygen atoms in total. The van der Waals surface area contributed by atoms with Gasteiger partial charge in [-0.3, -0.25) is 19.5 Å². The van der Waals surface area contributed by atoms with Gasteiger partial charge in [0.2, 0.25) is 11.0 Å². The molecule has 0 radical (unpaired) electrons. The number of carbonyl (C=O) groups excluding carboxylic acids is 1. The van der Waals surface area contributed by atoms with E-state index in [1.54, 1.807) is 4.57 Å². The van der Waals surface area contributed by atoms with Crippen molar-refractivity contribution < 1.29 is 4.79 Å². The van der Waals surface area contributed by atoms with Crippen molar-refractivity contribution in [1.82, 2.24) is 19.7 Å². The van der Waals surface area contributed by atoms with Gasteiger partial charge in [-0.1, -0.05) is 30.0 Å². The summed E-state index contributed by atoms with van der Waals surface area (Å²) < 4.78 is 1.62. The third-order valence-electron chi connectivity index (χ3n) is 3.92. The van der Waals surface area contributed by atoms with Gasteiger partial charge in [0.05, 0.1) is 11.1 Å². The molecule has 0 atom stereocenters. The first-order valence-electron chi connectivity index (χ1n) is 8.20. The number of hydrogen-bond acceptors (Lipinski definition) is 8. The number of aromatic nitrogens is 4. The normalized spacial score (nSPS) is 11.2. The van der Waals surface area contributed by atoms with Crippen molar-refractivity contribution in [3.63, 3.8) is 0 Å². The van der Waals surface area contributed by atoms with E-state index in [1.807, 2.05) is 27.7 Å². The highest BCUT2D eigenvalue weighted by atomic mass is 32.2. The molecular formula is C16H19N5O2S3. The Kier molecular flexibility index (Phi) is 5.73. The van der Waals surface area contributed by atoms with Gasteiger partial charge in [0.1, 0.15) is 9.84 Å². The van der Waals surface area contributed by atoms with E-state index in [2.05, 4.69) is 20.5 Å². The second kappa shape index (κ2) is 7.85. The molecule has 0 saturated carbocycles. The van der Waals surface area contributed by atoms with Crippen LogP contribution in [-0.4, -0.2) is 31.4 Å². The summed E-state index contributed by atoms with van der Waals surface area (Å²) in [5.74, 6) is -0.0353. The molecule has 3 aromatic heterocycles. The van der Waals surface area contributed by atoms with E-state index in [0.29, 0.717) is 22.2 Å².